The van der Waals surface area contributed by atoms with Crippen LogP contribution in [-0.2, 0) is 11.2 Å². The second-order valence-corrected chi connectivity index (χ2v) is 6.26. The van der Waals surface area contributed by atoms with Crippen LogP contribution < -0.4 is 10.2 Å². The Kier molecular flexibility index (Phi) is 4.51. The van der Waals surface area contributed by atoms with Crippen LogP contribution in [0.1, 0.15) is 31.0 Å². The average Bonchev–Trinajstić information content (AvgIpc) is 2.83. The molecule has 0 unspecified atom stereocenters. The zero-order valence-corrected chi connectivity index (χ0v) is 13.7. The zero-order valence-electron chi connectivity index (χ0n) is 13.7. The Morgan fingerprint density at radius 2 is 2.04 bits per heavy atom. The van der Waals surface area contributed by atoms with Gasteiger partial charge in [0.05, 0.1) is 12.6 Å². The molecular formula is C19H20F2N2O. The fraction of sp³-hybridized carbons (Fsp3) is 0.316. The summed E-state index contributed by atoms with van der Waals surface area (Å²) in [5.41, 5.74) is 2.58. The third-order valence-electron chi connectivity index (χ3n) is 4.47. The highest BCUT2D eigenvalue weighted by molar-refractivity contribution is 5.83. The molecule has 1 N–H and O–H groups in total. The molecule has 0 fully saturated rings. The predicted molar refractivity (Wildman–Crippen MR) is 89.9 cm³/mol. The van der Waals surface area contributed by atoms with Crippen LogP contribution in [0.4, 0.5) is 14.5 Å². The summed E-state index contributed by atoms with van der Waals surface area (Å²) in [5.74, 6) is -1.46. The minimum Gasteiger partial charge on any atom is -0.359 e. The second-order valence-electron chi connectivity index (χ2n) is 6.26. The van der Waals surface area contributed by atoms with Crippen molar-refractivity contribution in [3.8, 4) is 0 Å². The van der Waals surface area contributed by atoms with Gasteiger partial charge in [-0.3, -0.25) is 4.79 Å². The number of para-hydroxylation sites is 1. The number of nitrogens with zero attached hydrogens (tertiary/aromatic N) is 1. The molecule has 0 saturated carbocycles. The number of fused-ring (bicyclic) bond motifs is 1. The molecule has 2 atom stereocenters. The molecule has 126 valence electrons. The number of hydrogen-bond donors (Lipinski definition) is 1. The first-order chi connectivity index (χ1) is 11.5. The third-order valence-corrected chi connectivity index (χ3v) is 4.47. The fourth-order valence-electron chi connectivity index (χ4n) is 3.24. The maximum Gasteiger partial charge on any atom is 0.240 e. The van der Waals surface area contributed by atoms with Crippen molar-refractivity contribution in [2.45, 2.75) is 32.4 Å². The topological polar surface area (TPSA) is 32.3 Å². The molecule has 1 aliphatic rings. The molecule has 3 rings (SSSR count). The number of amides is 1. The van der Waals surface area contributed by atoms with E-state index in [2.05, 4.69) is 23.2 Å². The van der Waals surface area contributed by atoms with Crippen LogP contribution in [0.25, 0.3) is 0 Å². The maximum absolute atomic E-state index is 13.8. The molecule has 0 spiro atoms. The molecule has 1 amide bonds. The first kappa shape index (κ1) is 16.4. The number of anilines is 1. The highest BCUT2D eigenvalue weighted by Crippen LogP contribution is 2.31. The van der Waals surface area contributed by atoms with Crippen molar-refractivity contribution in [3.05, 3.63) is 65.2 Å². The van der Waals surface area contributed by atoms with Gasteiger partial charge in [-0.15, -0.1) is 0 Å². The van der Waals surface area contributed by atoms with Crippen LogP contribution in [0.3, 0.4) is 0 Å². The summed E-state index contributed by atoms with van der Waals surface area (Å²) in [6.45, 7) is 3.98. The van der Waals surface area contributed by atoms with E-state index in [1.54, 1.807) is 6.92 Å². The lowest BCUT2D eigenvalue weighted by Crippen LogP contribution is -2.41. The standard InChI is InChI=1S/C19H20F2N2O/c1-12-9-14-5-3-4-6-18(14)23(12)11-19(24)22-13(2)16-8-7-15(20)10-17(16)21/h3-8,10,12-13H,9,11H2,1-2H3,(H,22,24)/t12-,13+/m1/s1. The van der Waals surface area contributed by atoms with Gasteiger partial charge >= 0.3 is 0 Å². The summed E-state index contributed by atoms with van der Waals surface area (Å²) in [4.78, 5) is 14.4. The molecule has 0 aromatic heterocycles. The van der Waals surface area contributed by atoms with Crippen molar-refractivity contribution < 1.29 is 13.6 Å². The van der Waals surface area contributed by atoms with Crippen LogP contribution in [0, 0.1) is 11.6 Å². The van der Waals surface area contributed by atoms with Crippen molar-refractivity contribution in [2.75, 3.05) is 11.4 Å². The Hall–Kier alpha value is -2.43. The number of benzene rings is 2. The first-order valence-corrected chi connectivity index (χ1v) is 8.04. The number of hydrogen-bond acceptors (Lipinski definition) is 2. The average molecular weight is 330 g/mol. The van der Waals surface area contributed by atoms with E-state index in [4.69, 9.17) is 0 Å². The van der Waals surface area contributed by atoms with Crippen molar-refractivity contribution >= 4 is 11.6 Å². The van der Waals surface area contributed by atoms with E-state index in [1.165, 1.54) is 17.7 Å². The van der Waals surface area contributed by atoms with Crippen molar-refractivity contribution in [1.82, 2.24) is 5.32 Å². The van der Waals surface area contributed by atoms with Gasteiger partial charge in [0.1, 0.15) is 11.6 Å². The van der Waals surface area contributed by atoms with Gasteiger partial charge in [0.25, 0.3) is 0 Å². The van der Waals surface area contributed by atoms with Crippen LogP contribution in [-0.4, -0.2) is 18.5 Å². The number of rotatable bonds is 4. The highest BCUT2D eigenvalue weighted by Gasteiger charge is 2.27. The molecule has 0 radical (unpaired) electrons. The molecule has 24 heavy (non-hydrogen) atoms. The second kappa shape index (κ2) is 6.59. The molecular weight excluding hydrogens is 310 g/mol. The molecule has 0 saturated heterocycles. The van der Waals surface area contributed by atoms with Gasteiger partial charge in [-0.2, -0.15) is 0 Å². The molecule has 1 heterocycles. The summed E-state index contributed by atoms with van der Waals surface area (Å²) in [6.07, 6.45) is 0.908. The molecule has 0 aliphatic carbocycles. The van der Waals surface area contributed by atoms with Crippen LogP contribution >= 0.6 is 0 Å². The van der Waals surface area contributed by atoms with Gasteiger partial charge < -0.3 is 10.2 Å². The largest absolute Gasteiger partial charge is 0.359 e. The van der Waals surface area contributed by atoms with Crippen LogP contribution in [0.15, 0.2) is 42.5 Å². The van der Waals surface area contributed by atoms with Crippen LogP contribution in [0.5, 0.6) is 0 Å². The molecule has 2 aromatic carbocycles. The minimum atomic E-state index is -0.650. The highest BCUT2D eigenvalue weighted by atomic mass is 19.1. The normalized spacial score (nSPS) is 17.5. The third kappa shape index (κ3) is 3.25. The quantitative estimate of drug-likeness (QED) is 0.929. The number of carbonyl (C=O) groups excluding carboxylic acids is 1. The lowest BCUT2D eigenvalue weighted by atomic mass is 10.1. The van der Waals surface area contributed by atoms with E-state index in [9.17, 15) is 13.6 Å². The van der Waals surface area contributed by atoms with Crippen LogP contribution in [0.2, 0.25) is 0 Å². The summed E-state index contributed by atoms with van der Waals surface area (Å²) < 4.78 is 26.8. The molecule has 5 heteroatoms. The van der Waals surface area contributed by atoms with Crippen molar-refractivity contribution in [3.63, 3.8) is 0 Å². The minimum absolute atomic E-state index is 0.185. The first-order valence-electron chi connectivity index (χ1n) is 8.04. The Bertz CT molecular complexity index is 763. The van der Waals surface area contributed by atoms with Gasteiger partial charge in [-0.1, -0.05) is 24.3 Å². The number of halogens is 2. The van der Waals surface area contributed by atoms with Crippen molar-refractivity contribution in [2.24, 2.45) is 0 Å². The van der Waals surface area contributed by atoms with E-state index in [0.29, 0.717) is 0 Å². The van der Waals surface area contributed by atoms with Gasteiger partial charge in [-0.25, -0.2) is 8.78 Å². The SMILES string of the molecule is C[C@H](NC(=O)CN1c2ccccc2C[C@H]1C)c1ccc(F)cc1F. The van der Waals surface area contributed by atoms with E-state index in [1.807, 2.05) is 18.2 Å². The van der Waals surface area contributed by atoms with E-state index >= 15 is 0 Å². The lowest BCUT2D eigenvalue weighted by Gasteiger charge is -2.25. The zero-order chi connectivity index (χ0) is 17.3. The number of carbonyl (C=O) groups is 1. The van der Waals surface area contributed by atoms with Crippen molar-refractivity contribution in [1.29, 1.82) is 0 Å². The van der Waals surface area contributed by atoms with Gasteiger partial charge in [0.2, 0.25) is 5.91 Å². The molecule has 2 aromatic rings. The summed E-state index contributed by atoms with van der Waals surface area (Å²) >= 11 is 0. The van der Waals surface area contributed by atoms with Gasteiger partial charge in [0.15, 0.2) is 0 Å². The smallest absolute Gasteiger partial charge is 0.240 e. The Balaban J connectivity index is 1.67. The van der Waals surface area contributed by atoms with E-state index in [0.717, 1.165) is 18.2 Å². The Morgan fingerprint density at radius 1 is 1.29 bits per heavy atom. The fourth-order valence-corrected chi connectivity index (χ4v) is 3.24. The van der Waals surface area contributed by atoms with E-state index in [-0.39, 0.29) is 24.1 Å². The molecule has 3 nitrogen and oxygen atoms in total. The van der Waals surface area contributed by atoms with E-state index < -0.39 is 17.7 Å². The van der Waals surface area contributed by atoms with Gasteiger partial charge in [0, 0.05) is 23.4 Å². The molecule has 1 aliphatic heterocycles. The molecule has 0 bridgehead atoms. The monoisotopic (exact) mass is 330 g/mol. The Labute approximate surface area is 140 Å². The summed E-state index contributed by atoms with van der Waals surface area (Å²) in [6, 6.07) is 11.1. The van der Waals surface area contributed by atoms with Gasteiger partial charge in [-0.05, 0) is 38.0 Å². The lowest BCUT2D eigenvalue weighted by molar-refractivity contribution is -0.120. The number of nitrogens with one attached hydrogen (secondary N) is 1. The Morgan fingerprint density at radius 3 is 2.79 bits per heavy atom. The predicted octanol–water partition coefficient (Wildman–Crippen LogP) is 3.59. The maximum atomic E-state index is 13.8. The summed E-state index contributed by atoms with van der Waals surface area (Å²) in [5, 5.41) is 2.79. The summed E-state index contributed by atoms with van der Waals surface area (Å²) in [7, 11) is 0.